The fourth-order valence-corrected chi connectivity index (χ4v) is 5.69. The Morgan fingerprint density at radius 3 is 2.45 bits per heavy atom. The average Bonchev–Trinajstić information content (AvgIpc) is 3.56. The van der Waals surface area contributed by atoms with Crippen molar-refractivity contribution >= 4 is 39.5 Å². The first-order valence-corrected chi connectivity index (χ1v) is 11.7. The maximum Gasteiger partial charge on any atom is 0.325 e. The van der Waals surface area contributed by atoms with Crippen molar-refractivity contribution in [3.8, 4) is 0 Å². The van der Waals surface area contributed by atoms with Crippen LogP contribution >= 0.6 is 11.6 Å². The molecule has 2 saturated heterocycles. The standard InChI is InChI=1S/C19H22ClFN4O5S/c1-19(12-2-3-12)17(27)25(18(28)22-19)11-16(26)23-6-8-24(9-7-23)31(29,30)13-4-5-15(21)14(20)10-13/h4-5,10,12H,2-3,6-9,11H2,1H3,(H,22,28)/t19-/m0/s1. The quantitative estimate of drug-likeness (QED) is 0.644. The van der Waals surface area contributed by atoms with Crippen molar-refractivity contribution in [1.82, 2.24) is 19.4 Å². The molecule has 1 aromatic rings. The van der Waals surface area contributed by atoms with E-state index in [-0.39, 0.29) is 48.6 Å². The van der Waals surface area contributed by atoms with Gasteiger partial charge in [-0.15, -0.1) is 0 Å². The number of carbonyl (C=O) groups excluding carboxylic acids is 3. The Bertz CT molecular complexity index is 1060. The third kappa shape index (κ3) is 3.90. The molecule has 0 bridgehead atoms. The molecule has 1 N–H and O–H groups in total. The lowest BCUT2D eigenvalue weighted by Crippen LogP contribution is -2.53. The third-order valence-corrected chi connectivity index (χ3v) is 8.29. The minimum atomic E-state index is -3.89. The van der Waals surface area contributed by atoms with Gasteiger partial charge in [0, 0.05) is 26.2 Å². The molecule has 1 atom stereocenters. The molecule has 0 spiro atoms. The SMILES string of the molecule is C[C@@]1(C2CC2)NC(=O)N(CC(=O)N2CCN(S(=O)(=O)c3ccc(F)c(Cl)c3)CC2)C1=O. The number of hydrogen-bond acceptors (Lipinski definition) is 5. The zero-order chi connectivity index (χ0) is 22.6. The van der Waals surface area contributed by atoms with Crippen molar-refractivity contribution in [3.05, 3.63) is 29.0 Å². The monoisotopic (exact) mass is 472 g/mol. The van der Waals surface area contributed by atoms with E-state index in [9.17, 15) is 27.2 Å². The van der Waals surface area contributed by atoms with Crippen LogP contribution in [0.15, 0.2) is 23.1 Å². The topological polar surface area (TPSA) is 107 Å². The van der Waals surface area contributed by atoms with E-state index in [4.69, 9.17) is 11.6 Å². The van der Waals surface area contributed by atoms with Crippen molar-refractivity contribution in [3.63, 3.8) is 0 Å². The first-order valence-electron chi connectivity index (χ1n) is 9.91. The summed E-state index contributed by atoms with van der Waals surface area (Å²) in [6.45, 7) is 1.58. The minimum absolute atomic E-state index is 0.0308. The molecule has 3 fully saturated rings. The van der Waals surface area contributed by atoms with Crippen LogP contribution < -0.4 is 5.32 Å². The molecule has 1 aromatic carbocycles. The van der Waals surface area contributed by atoms with Gasteiger partial charge >= 0.3 is 6.03 Å². The summed E-state index contributed by atoms with van der Waals surface area (Å²) in [5, 5.41) is 2.41. The number of halogens is 2. The van der Waals surface area contributed by atoms with Crippen LogP contribution in [0.25, 0.3) is 0 Å². The van der Waals surface area contributed by atoms with Crippen molar-refractivity contribution < 1.29 is 27.2 Å². The first-order chi connectivity index (χ1) is 14.5. The molecular formula is C19H22ClFN4O5S. The number of rotatable bonds is 5. The molecule has 0 radical (unpaired) electrons. The first kappa shape index (κ1) is 22.0. The van der Waals surface area contributed by atoms with Crippen molar-refractivity contribution in [2.75, 3.05) is 32.7 Å². The zero-order valence-corrected chi connectivity index (χ0v) is 18.4. The fourth-order valence-electron chi connectivity index (χ4n) is 4.00. The van der Waals surface area contributed by atoms with Gasteiger partial charge in [0.25, 0.3) is 5.91 Å². The molecule has 3 aliphatic rings. The fraction of sp³-hybridized carbons (Fsp3) is 0.526. The number of imide groups is 1. The highest BCUT2D eigenvalue weighted by atomic mass is 35.5. The van der Waals surface area contributed by atoms with E-state index in [1.165, 1.54) is 9.21 Å². The molecule has 0 aromatic heterocycles. The van der Waals surface area contributed by atoms with Crippen LogP contribution in [0, 0.1) is 11.7 Å². The summed E-state index contributed by atoms with van der Waals surface area (Å²) in [7, 11) is -3.89. The second kappa shape index (κ2) is 7.72. The van der Waals surface area contributed by atoms with Crippen LogP contribution in [0.2, 0.25) is 5.02 Å². The van der Waals surface area contributed by atoms with Crippen molar-refractivity contribution in [1.29, 1.82) is 0 Å². The van der Waals surface area contributed by atoms with E-state index in [1.807, 2.05) is 0 Å². The van der Waals surface area contributed by atoms with Gasteiger partial charge in [0.05, 0.1) is 9.92 Å². The summed E-state index contributed by atoms with van der Waals surface area (Å²) in [5.74, 6) is -1.44. The number of hydrogen-bond donors (Lipinski definition) is 1. The summed E-state index contributed by atoms with van der Waals surface area (Å²) < 4.78 is 40.1. The van der Waals surface area contributed by atoms with Crippen LogP contribution in [0.4, 0.5) is 9.18 Å². The third-order valence-electron chi connectivity index (χ3n) is 6.11. The Labute approximate surface area is 184 Å². The van der Waals surface area contributed by atoms with Crippen LogP contribution in [0.5, 0.6) is 0 Å². The summed E-state index contributed by atoms with van der Waals surface area (Å²) in [4.78, 5) is 39.8. The number of benzene rings is 1. The highest BCUT2D eigenvalue weighted by molar-refractivity contribution is 7.89. The molecule has 2 aliphatic heterocycles. The Balaban J connectivity index is 1.37. The Morgan fingerprint density at radius 2 is 1.87 bits per heavy atom. The molecule has 0 unspecified atom stereocenters. The molecule has 1 aliphatic carbocycles. The largest absolute Gasteiger partial charge is 0.338 e. The number of nitrogens with zero attached hydrogens (tertiary/aromatic N) is 3. The second-order valence-electron chi connectivity index (χ2n) is 8.16. The van der Waals surface area contributed by atoms with E-state index in [1.54, 1.807) is 6.92 Å². The van der Waals surface area contributed by atoms with Gasteiger partial charge in [-0.1, -0.05) is 11.6 Å². The van der Waals surface area contributed by atoms with Gasteiger partial charge < -0.3 is 10.2 Å². The number of nitrogens with one attached hydrogen (secondary N) is 1. The smallest absolute Gasteiger partial charge is 0.325 e. The number of amides is 4. The van der Waals surface area contributed by atoms with E-state index in [2.05, 4.69) is 5.32 Å². The highest BCUT2D eigenvalue weighted by Crippen LogP contribution is 2.42. The summed E-state index contributed by atoms with van der Waals surface area (Å²) in [6, 6.07) is 2.60. The Kier molecular flexibility index (Phi) is 5.47. The van der Waals surface area contributed by atoms with E-state index < -0.39 is 39.2 Å². The van der Waals surface area contributed by atoms with Crippen LogP contribution in [0.1, 0.15) is 19.8 Å². The Morgan fingerprint density at radius 1 is 1.23 bits per heavy atom. The second-order valence-corrected chi connectivity index (χ2v) is 10.5. The van der Waals surface area contributed by atoms with Crippen LogP contribution in [-0.2, 0) is 19.6 Å². The molecule has 168 valence electrons. The molecule has 9 nitrogen and oxygen atoms in total. The molecule has 31 heavy (non-hydrogen) atoms. The Hall–Kier alpha value is -2.24. The maximum absolute atomic E-state index is 13.3. The van der Waals surface area contributed by atoms with Crippen molar-refractivity contribution in [2.24, 2.45) is 5.92 Å². The molecule has 4 amide bonds. The van der Waals surface area contributed by atoms with E-state index in [0.29, 0.717) is 0 Å². The van der Waals surface area contributed by atoms with Gasteiger partial charge in [0.1, 0.15) is 17.9 Å². The summed E-state index contributed by atoms with van der Waals surface area (Å²) in [5.41, 5.74) is -0.958. The minimum Gasteiger partial charge on any atom is -0.338 e. The number of carbonyl (C=O) groups is 3. The normalized spacial score (nSPS) is 25.1. The van der Waals surface area contributed by atoms with Crippen molar-refractivity contribution in [2.45, 2.75) is 30.2 Å². The van der Waals surface area contributed by atoms with Gasteiger partial charge in [0.2, 0.25) is 15.9 Å². The van der Waals surface area contributed by atoms with Gasteiger partial charge in [-0.3, -0.25) is 14.5 Å². The van der Waals surface area contributed by atoms with E-state index in [0.717, 1.165) is 35.9 Å². The van der Waals surface area contributed by atoms with Gasteiger partial charge in [-0.25, -0.2) is 17.6 Å². The highest BCUT2D eigenvalue weighted by Gasteiger charge is 2.56. The van der Waals surface area contributed by atoms with Gasteiger partial charge in [0.15, 0.2) is 0 Å². The molecule has 4 rings (SSSR count). The summed E-state index contributed by atoms with van der Waals surface area (Å²) >= 11 is 5.70. The van der Waals surface area contributed by atoms with Gasteiger partial charge in [-0.2, -0.15) is 4.31 Å². The summed E-state index contributed by atoms with van der Waals surface area (Å²) in [6.07, 6.45) is 1.72. The predicted octanol–water partition coefficient (Wildman–Crippen LogP) is 1.03. The molecule has 12 heteroatoms. The maximum atomic E-state index is 13.3. The lowest BCUT2D eigenvalue weighted by molar-refractivity contribution is -0.139. The molecule has 2 heterocycles. The predicted molar refractivity (Wildman–Crippen MR) is 108 cm³/mol. The van der Waals surface area contributed by atoms with Gasteiger partial charge in [-0.05, 0) is 43.9 Å². The molecular weight excluding hydrogens is 451 g/mol. The zero-order valence-electron chi connectivity index (χ0n) is 16.8. The average molecular weight is 473 g/mol. The number of urea groups is 1. The lowest BCUT2D eigenvalue weighted by atomic mass is 9.96. The number of sulfonamides is 1. The van der Waals surface area contributed by atoms with Crippen LogP contribution in [0.3, 0.4) is 0 Å². The van der Waals surface area contributed by atoms with E-state index >= 15 is 0 Å². The lowest BCUT2D eigenvalue weighted by Gasteiger charge is -2.34. The number of piperazine rings is 1. The van der Waals surface area contributed by atoms with Crippen LogP contribution in [-0.4, -0.2) is 78.6 Å². The molecule has 1 saturated carbocycles.